The third-order valence-electron chi connectivity index (χ3n) is 3.96. The first-order valence-corrected chi connectivity index (χ1v) is 7.16. The zero-order chi connectivity index (χ0) is 14.7. The molecule has 0 aliphatic heterocycles. The molecule has 1 aliphatic rings. The molecule has 1 fully saturated rings. The summed E-state index contributed by atoms with van der Waals surface area (Å²) in [6.45, 7) is 4.13. The highest BCUT2D eigenvalue weighted by atomic mass is 16.5. The molecule has 110 valence electrons. The Balaban J connectivity index is 2.19. The molecule has 2 N–H and O–H groups in total. The molecule has 2 unspecified atom stereocenters. The minimum Gasteiger partial charge on any atom is -0.490 e. The smallest absolute Gasteiger partial charge is 0.340 e. The molecule has 0 saturated heterocycles. The standard InChI is InChI=1S/C16H23NO3/c1-10-5-4-6-12(7-10)20-13-8-11(2)15(17)14(9-13)16(18)19-3/h8-10,12H,4-7,17H2,1-3H3. The number of hydrogen-bond acceptors (Lipinski definition) is 4. The highest BCUT2D eigenvalue weighted by molar-refractivity contribution is 5.96. The molecule has 1 aromatic carbocycles. The Morgan fingerprint density at radius 1 is 1.35 bits per heavy atom. The van der Waals surface area contributed by atoms with E-state index in [0.29, 0.717) is 22.9 Å². The van der Waals surface area contributed by atoms with E-state index in [1.165, 1.54) is 20.0 Å². The molecule has 4 heteroatoms. The highest BCUT2D eigenvalue weighted by Crippen LogP contribution is 2.30. The van der Waals surface area contributed by atoms with Gasteiger partial charge in [0.25, 0.3) is 0 Å². The Kier molecular flexibility index (Phi) is 4.53. The number of carbonyl (C=O) groups is 1. The van der Waals surface area contributed by atoms with Crippen molar-refractivity contribution >= 4 is 11.7 Å². The van der Waals surface area contributed by atoms with Crippen molar-refractivity contribution in [1.29, 1.82) is 0 Å². The highest BCUT2D eigenvalue weighted by Gasteiger charge is 2.21. The van der Waals surface area contributed by atoms with Crippen LogP contribution in [-0.4, -0.2) is 19.2 Å². The van der Waals surface area contributed by atoms with Gasteiger partial charge in [-0.2, -0.15) is 0 Å². The van der Waals surface area contributed by atoms with Crippen molar-refractivity contribution in [3.05, 3.63) is 23.3 Å². The number of hydrogen-bond donors (Lipinski definition) is 1. The summed E-state index contributed by atoms with van der Waals surface area (Å²) in [5, 5.41) is 0. The number of benzene rings is 1. The third kappa shape index (κ3) is 3.24. The van der Waals surface area contributed by atoms with Crippen molar-refractivity contribution in [1.82, 2.24) is 0 Å². The molecule has 20 heavy (non-hydrogen) atoms. The number of nitrogen functional groups attached to an aromatic ring is 1. The van der Waals surface area contributed by atoms with Gasteiger partial charge in [-0.05, 0) is 49.8 Å². The number of ether oxygens (including phenoxy) is 2. The third-order valence-corrected chi connectivity index (χ3v) is 3.96. The fourth-order valence-corrected chi connectivity index (χ4v) is 2.79. The van der Waals surface area contributed by atoms with E-state index in [9.17, 15) is 4.79 Å². The lowest BCUT2D eigenvalue weighted by atomic mass is 9.88. The van der Waals surface area contributed by atoms with Crippen LogP contribution in [0.5, 0.6) is 5.75 Å². The van der Waals surface area contributed by atoms with Gasteiger partial charge in [-0.25, -0.2) is 4.79 Å². The van der Waals surface area contributed by atoms with Crippen LogP contribution in [0, 0.1) is 12.8 Å². The summed E-state index contributed by atoms with van der Waals surface area (Å²) >= 11 is 0. The topological polar surface area (TPSA) is 61.5 Å². The first-order chi connectivity index (χ1) is 9.51. The van der Waals surface area contributed by atoms with Crippen LogP contribution >= 0.6 is 0 Å². The van der Waals surface area contributed by atoms with Crippen molar-refractivity contribution < 1.29 is 14.3 Å². The van der Waals surface area contributed by atoms with E-state index in [2.05, 4.69) is 6.92 Å². The maximum atomic E-state index is 11.7. The number of carbonyl (C=O) groups excluding carboxylic acids is 1. The number of anilines is 1. The van der Waals surface area contributed by atoms with E-state index in [1.807, 2.05) is 13.0 Å². The van der Waals surface area contributed by atoms with Crippen LogP contribution in [0.1, 0.15) is 48.5 Å². The maximum Gasteiger partial charge on any atom is 0.340 e. The van der Waals surface area contributed by atoms with Gasteiger partial charge in [0.2, 0.25) is 0 Å². The SMILES string of the molecule is COC(=O)c1cc(OC2CCCC(C)C2)cc(C)c1N. The molecule has 1 saturated carbocycles. The van der Waals surface area contributed by atoms with Gasteiger partial charge in [0, 0.05) is 5.69 Å². The normalized spacial score (nSPS) is 22.4. The average molecular weight is 277 g/mol. The number of esters is 1. The van der Waals surface area contributed by atoms with Crippen LogP contribution in [0.3, 0.4) is 0 Å². The van der Waals surface area contributed by atoms with E-state index in [4.69, 9.17) is 15.2 Å². The largest absolute Gasteiger partial charge is 0.490 e. The fourth-order valence-electron chi connectivity index (χ4n) is 2.79. The Labute approximate surface area is 120 Å². The predicted octanol–water partition coefficient (Wildman–Crippen LogP) is 3.32. The molecule has 0 aromatic heterocycles. The molecule has 0 amide bonds. The first kappa shape index (κ1) is 14.7. The summed E-state index contributed by atoms with van der Waals surface area (Å²) in [5.74, 6) is 0.980. The Hall–Kier alpha value is -1.71. The molecule has 2 rings (SSSR count). The van der Waals surface area contributed by atoms with Crippen molar-refractivity contribution in [2.45, 2.75) is 45.6 Å². The van der Waals surface area contributed by atoms with E-state index >= 15 is 0 Å². The molecule has 0 heterocycles. The van der Waals surface area contributed by atoms with Crippen LogP contribution < -0.4 is 10.5 Å². The minimum atomic E-state index is -0.423. The Morgan fingerprint density at radius 3 is 2.75 bits per heavy atom. The second-order valence-electron chi connectivity index (χ2n) is 5.70. The second-order valence-corrected chi connectivity index (χ2v) is 5.70. The van der Waals surface area contributed by atoms with E-state index in [1.54, 1.807) is 6.07 Å². The molecular weight excluding hydrogens is 254 g/mol. The number of methoxy groups -OCH3 is 1. The van der Waals surface area contributed by atoms with Crippen LogP contribution in [0.15, 0.2) is 12.1 Å². The van der Waals surface area contributed by atoms with E-state index in [0.717, 1.165) is 18.4 Å². The molecule has 1 aliphatic carbocycles. The summed E-state index contributed by atoms with van der Waals surface area (Å²) in [7, 11) is 1.35. The molecule has 0 bridgehead atoms. The van der Waals surface area contributed by atoms with Gasteiger partial charge in [-0.1, -0.05) is 13.3 Å². The summed E-state index contributed by atoms with van der Waals surface area (Å²) in [4.78, 5) is 11.7. The van der Waals surface area contributed by atoms with Crippen molar-refractivity contribution in [3.63, 3.8) is 0 Å². The van der Waals surface area contributed by atoms with Gasteiger partial charge in [-0.15, -0.1) is 0 Å². The maximum absolute atomic E-state index is 11.7. The first-order valence-electron chi connectivity index (χ1n) is 7.16. The van der Waals surface area contributed by atoms with Crippen LogP contribution in [0.25, 0.3) is 0 Å². The fraction of sp³-hybridized carbons (Fsp3) is 0.562. The summed E-state index contributed by atoms with van der Waals surface area (Å²) in [6, 6.07) is 3.58. The predicted molar refractivity (Wildman–Crippen MR) is 79.0 cm³/mol. The van der Waals surface area contributed by atoms with E-state index < -0.39 is 5.97 Å². The monoisotopic (exact) mass is 277 g/mol. The lowest BCUT2D eigenvalue weighted by Gasteiger charge is -2.27. The Bertz CT molecular complexity index is 499. The van der Waals surface area contributed by atoms with Crippen molar-refractivity contribution in [2.75, 3.05) is 12.8 Å². The van der Waals surface area contributed by atoms with Crippen molar-refractivity contribution in [2.24, 2.45) is 5.92 Å². The van der Waals surface area contributed by atoms with Crippen LogP contribution in [-0.2, 0) is 4.74 Å². The molecular formula is C16H23NO3. The quantitative estimate of drug-likeness (QED) is 0.680. The van der Waals surface area contributed by atoms with Gasteiger partial charge in [0.1, 0.15) is 5.75 Å². The van der Waals surface area contributed by atoms with Gasteiger partial charge in [0.15, 0.2) is 0 Å². The van der Waals surface area contributed by atoms with Crippen molar-refractivity contribution in [3.8, 4) is 5.75 Å². The van der Waals surface area contributed by atoms with E-state index in [-0.39, 0.29) is 6.10 Å². The second kappa shape index (κ2) is 6.16. The minimum absolute atomic E-state index is 0.229. The summed E-state index contributed by atoms with van der Waals surface area (Å²) < 4.78 is 10.8. The number of rotatable bonds is 3. The zero-order valence-electron chi connectivity index (χ0n) is 12.4. The molecule has 1 aromatic rings. The zero-order valence-corrected chi connectivity index (χ0v) is 12.4. The van der Waals surface area contributed by atoms with Crippen LogP contribution in [0.2, 0.25) is 0 Å². The molecule has 0 radical (unpaired) electrons. The number of aryl methyl sites for hydroxylation is 1. The van der Waals surface area contributed by atoms with Gasteiger partial charge < -0.3 is 15.2 Å². The molecule has 2 atom stereocenters. The molecule has 4 nitrogen and oxygen atoms in total. The van der Waals surface area contributed by atoms with Gasteiger partial charge in [0.05, 0.1) is 18.8 Å². The summed E-state index contributed by atoms with van der Waals surface area (Å²) in [5.41, 5.74) is 7.61. The molecule has 0 spiro atoms. The number of nitrogens with two attached hydrogens (primary N) is 1. The summed E-state index contributed by atoms with van der Waals surface area (Å²) in [6.07, 6.45) is 4.84. The lowest BCUT2D eigenvalue weighted by Crippen LogP contribution is -2.24. The average Bonchev–Trinajstić information content (AvgIpc) is 2.42. The van der Waals surface area contributed by atoms with Crippen LogP contribution in [0.4, 0.5) is 5.69 Å². The Morgan fingerprint density at radius 2 is 2.10 bits per heavy atom. The lowest BCUT2D eigenvalue weighted by molar-refractivity contribution is 0.0600. The van der Waals surface area contributed by atoms with Gasteiger partial charge >= 0.3 is 5.97 Å². The van der Waals surface area contributed by atoms with Gasteiger partial charge in [-0.3, -0.25) is 0 Å².